The number of nitrogens with one attached hydrogen (secondary N) is 3. The number of aromatic amines is 1. The zero-order valence-electron chi connectivity index (χ0n) is 18.3. The fourth-order valence-corrected chi connectivity index (χ4v) is 4.22. The Hall–Kier alpha value is -2.78. The van der Waals surface area contributed by atoms with E-state index in [0.29, 0.717) is 11.3 Å². The van der Waals surface area contributed by atoms with Gasteiger partial charge in [0.15, 0.2) is 6.04 Å². The number of ether oxygens (including phenoxy) is 1. The standard InChI is InChI=1S/C21H29N7O2/c1-21(2,3)28-19(23-24-25-28)18(27-10-8-26(4)9-11-27)16-12-14-6-7-15(30-5)13-17(14)22-20(16)29/h6-7,12-13,18H,8-11H2,1-5H3,(H,22,29)/p+2/t18-/m0/s1. The van der Waals surface area contributed by atoms with Gasteiger partial charge in [0.2, 0.25) is 5.82 Å². The summed E-state index contributed by atoms with van der Waals surface area (Å²) in [4.78, 5) is 19.1. The highest BCUT2D eigenvalue weighted by molar-refractivity contribution is 5.80. The highest BCUT2D eigenvalue weighted by Crippen LogP contribution is 2.24. The average Bonchev–Trinajstić information content (AvgIpc) is 3.19. The van der Waals surface area contributed by atoms with E-state index < -0.39 is 0 Å². The first-order chi connectivity index (χ1) is 14.3. The van der Waals surface area contributed by atoms with Crippen LogP contribution in [-0.2, 0) is 5.54 Å². The number of hydrogen-bond donors (Lipinski definition) is 3. The number of methoxy groups -OCH3 is 1. The van der Waals surface area contributed by atoms with Gasteiger partial charge in [0.1, 0.15) is 31.9 Å². The Morgan fingerprint density at radius 1 is 1.17 bits per heavy atom. The third-order valence-corrected chi connectivity index (χ3v) is 5.93. The molecule has 1 atom stereocenters. The predicted molar refractivity (Wildman–Crippen MR) is 113 cm³/mol. The number of pyridine rings is 1. The van der Waals surface area contributed by atoms with Crippen molar-refractivity contribution in [3.8, 4) is 5.75 Å². The molecular weight excluding hydrogens is 382 g/mol. The van der Waals surface area contributed by atoms with Crippen molar-refractivity contribution in [3.05, 3.63) is 46.0 Å². The van der Waals surface area contributed by atoms with Gasteiger partial charge in [0, 0.05) is 6.07 Å². The second kappa shape index (κ2) is 7.81. The van der Waals surface area contributed by atoms with Crippen molar-refractivity contribution in [3.63, 3.8) is 0 Å². The fourth-order valence-electron chi connectivity index (χ4n) is 4.22. The van der Waals surface area contributed by atoms with Crippen LogP contribution in [0.15, 0.2) is 29.1 Å². The summed E-state index contributed by atoms with van der Waals surface area (Å²) in [5.74, 6) is 1.45. The molecule has 3 aromatic rings. The van der Waals surface area contributed by atoms with Gasteiger partial charge in [0.25, 0.3) is 5.56 Å². The third kappa shape index (κ3) is 3.82. The lowest BCUT2D eigenvalue weighted by Crippen LogP contribution is -3.27. The Morgan fingerprint density at radius 2 is 1.90 bits per heavy atom. The van der Waals surface area contributed by atoms with Gasteiger partial charge in [-0.25, -0.2) is 4.68 Å². The number of piperazine rings is 1. The molecule has 3 N–H and O–H groups in total. The van der Waals surface area contributed by atoms with Crippen LogP contribution in [0.25, 0.3) is 10.9 Å². The number of likely N-dealkylation sites (N-methyl/N-ethyl adjacent to an activating group) is 1. The number of benzene rings is 1. The molecule has 0 aliphatic carbocycles. The van der Waals surface area contributed by atoms with E-state index in [1.807, 2.05) is 28.9 Å². The van der Waals surface area contributed by atoms with Gasteiger partial charge in [-0.1, -0.05) is 0 Å². The molecule has 2 aromatic heterocycles. The number of H-pyrrole nitrogens is 1. The van der Waals surface area contributed by atoms with Crippen molar-refractivity contribution in [2.24, 2.45) is 0 Å². The molecule has 1 aliphatic heterocycles. The van der Waals surface area contributed by atoms with Gasteiger partial charge in [-0.15, -0.1) is 5.10 Å². The van der Waals surface area contributed by atoms with Gasteiger partial charge in [-0.3, -0.25) is 4.79 Å². The van der Waals surface area contributed by atoms with E-state index in [2.05, 4.69) is 48.3 Å². The number of nitrogens with zero attached hydrogens (tertiary/aromatic N) is 4. The summed E-state index contributed by atoms with van der Waals surface area (Å²) in [6, 6.07) is 7.48. The third-order valence-electron chi connectivity index (χ3n) is 5.93. The molecule has 30 heavy (non-hydrogen) atoms. The zero-order valence-corrected chi connectivity index (χ0v) is 18.3. The Bertz CT molecular complexity index is 1090. The summed E-state index contributed by atoms with van der Waals surface area (Å²) in [7, 11) is 3.83. The molecule has 1 aromatic carbocycles. The maximum Gasteiger partial charge on any atom is 0.258 e. The second-order valence-corrected chi connectivity index (χ2v) is 9.18. The molecule has 0 bridgehead atoms. The van der Waals surface area contributed by atoms with E-state index in [-0.39, 0.29) is 17.1 Å². The molecule has 3 heterocycles. The quantitative estimate of drug-likeness (QED) is 0.499. The summed E-state index contributed by atoms with van der Waals surface area (Å²) in [6.07, 6.45) is 0. The van der Waals surface area contributed by atoms with Crippen molar-refractivity contribution in [2.45, 2.75) is 32.4 Å². The van der Waals surface area contributed by atoms with Gasteiger partial charge < -0.3 is 19.5 Å². The van der Waals surface area contributed by atoms with Crippen LogP contribution in [0.3, 0.4) is 0 Å². The van der Waals surface area contributed by atoms with Crippen LogP contribution in [0.5, 0.6) is 5.75 Å². The van der Waals surface area contributed by atoms with Crippen molar-refractivity contribution < 1.29 is 14.5 Å². The minimum absolute atomic E-state index is 0.108. The molecule has 160 valence electrons. The topological polar surface area (TPSA) is 94.6 Å². The maximum absolute atomic E-state index is 13.2. The van der Waals surface area contributed by atoms with Crippen LogP contribution in [0, 0.1) is 0 Å². The summed E-state index contributed by atoms with van der Waals surface area (Å²) in [5.41, 5.74) is 1.06. The zero-order chi connectivity index (χ0) is 21.5. The van der Waals surface area contributed by atoms with Crippen LogP contribution in [0.4, 0.5) is 0 Å². The average molecular weight is 414 g/mol. The highest BCUT2D eigenvalue weighted by Gasteiger charge is 2.38. The summed E-state index contributed by atoms with van der Waals surface area (Å²) < 4.78 is 7.15. The fraction of sp³-hybridized carbons (Fsp3) is 0.524. The molecule has 1 fully saturated rings. The minimum Gasteiger partial charge on any atom is -0.497 e. The molecule has 9 heteroatoms. The Labute approximate surface area is 175 Å². The minimum atomic E-state index is -0.286. The number of rotatable bonds is 4. The van der Waals surface area contributed by atoms with Crippen LogP contribution in [0.1, 0.15) is 38.2 Å². The lowest BCUT2D eigenvalue weighted by Gasteiger charge is -2.33. The Kier molecular flexibility index (Phi) is 5.33. The molecule has 4 rings (SSSR count). The maximum atomic E-state index is 13.2. The number of tetrazole rings is 1. The van der Waals surface area contributed by atoms with Crippen LogP contribution < -0.4 is 20.1 Å². The first-order valence-corrected chi connectivity index (χ1v) is 10.4. The van der Waals surface area contributed by atoms with E-state index in [1.54, 1.807) is 7.11 Å². The lowest BCUT2D eigenvalue weighted by atomic mass is 10.0. The first kappa shape index (κ1) is 20.5. The van der Waals surface area contributed by atoms with Gasteiger partial charge >= 0.3 is 0 Å². The number of fused-ring (bicyclic) bond motifs is 1. The lowest BCUT2D eigenvalue weighted by molar-refractivity contribution is -1.02. The number of quaternary nitrogens is 2. The predicted octanol–water partition coefficient (Wildman–Crippen LogP) is -1.22. The smallest absolute Gasteiger partial charge is 0.258 e. The summed E-state index contributed by atoms with van der Waals surface area (Å²) >= 11 is 0. The summed E-state index contributed by atoms with van der Waals surface area (Å²) in [5, 5.41) is 13.6. The van der Waals surface area contributed by atoms with Crippen molar-refractivity contribution in [1.82, 2.24) is 25.2 Å². The molecule has 0 amide bonds. The van der Waals surface area contributed by atoms with Crippen LogP contribution in [-0.4, -0.2) is 65.5 Å². The van der Waals surface area contributed by atoms with Crippen LogP contribution >= 0.6 is 0 Å². The molecule has 0 spiro atoms. The Morgan fingerprint density at radius 3 is 2.57 bits per heavy atom. The molecule has 1 aliphatic rings. The number of hydrogen-bond acceptors (Lipinski definition) is 5. The van der Waals surface area contributed by atoms with E-state index in [1.165, 1.54) is 9.80 Å². The van der Waals surface area contributed by atoms with Crippen molar-refractivity contribution >= 4 is 10.9 Å². The first-order valence-electron chi connectivity index (χ1n) is 10.4. The van der Waals surface area contributed by atoms with Crippen molar-refractivity contribution in [1.29, 1.82) is 0 Å². The molecule has 0 unspecified atom stereocenters. The van der Waals surface area contributed by atoms with Gasteiger partial charge in [0.05, 0.1) is 30.8 Å². The molecule has 0 saturated carbocycles. The van der Waals surface area contributed by atoms with E-state index >= 15 is 0 Å². The molecule has 0 radical (unpaired) electrons. The second-order valence-electron chi connectivity index (χ2n) is 9.18. The van der Waals surface area contributed by atoms with Crippen LogP contribution in [0.2, 0.25) is 0 Å². The summed E-state index contributed by atoms with van der Waals surface area (Å²) in [6.45, 7) is 10.2. The van der Waals surface area contributed by atoms with E-state index in [4.69, 9.17) is 4.74 Å². The molecule has 1 saturated heterocycles. The largest absolute Gasteiger partial charge is 0.497 e. The van der Waals surface area contributed by atoms with Gasteiger partial charge in [-0.2, -0.15) is 0 Å². The van der Waals surface area contributed by atoms with E-state index in [0.717, 1.165) is 42.9 Å². The monoisotopic (exact) mass is 413 g/mol. The van der Waals surface area contributed by atoms with Crippen molar-refractivity contribution in [2.75, 3.05) is 40.3 Å². The highest BCUT2D eigenvalue weighted by atomic mass is 16.5. The van der Waals surface area contributed by atoms with E-state index in [9.17, 15) is 4.79 Å². The van der Waals surface area contributed by atoms with Gasteiger partial charge in [-0.05, 0) is 54.8 Å². The Balaban J connectivity index is 1.87. The normalized spacial score (nSPS) is 21.0. The number of aromatic nitrogens is 5. The molecular formula is C21H31N7O2+2. The SMILES string of the molecule is COc1ccc2cc([C@@H](c3nnnn3C(C)(C)C)[NH+]3CC[NH+](C)CC3)c(=O)[nH]c2c1. The molecule has 9 nitrogen and oxygen atoms in total.